The average Bonchev–Trinajstić information content (AvgIpc) is 2.67. The number of carbonyl (C=O) groups excluding carboxylic acids is 2. The van der Waals surface area contributed by atoms with Gasteiger partial charge in [-0.3, -0.25) is 4.79 Å². The Hall–Kier alpha value is -2.08. The molecule has 0 aromatic heterocycles. The highest BCUT2D eigenvalue weighted by Crippen LogP contribution is 2.31. The van der Waals surface area contributed by atoms with Crippen molar-refractivity contribution in [3.8, 4) is 0 Å². The number of benzene rings is 1. The first-order chi connectivity index (χ1) is 13.2. The van der Waals surface area contributed by atoms with E-state index in [2.05, 4.69) is 5.32 Å². The van der Waals surface area contributed by atoms with Crippen LogP contribution < -0.4 is 5.32 Å². The van der Waals surface area contributed by atoms with Crippen LogP contribution in [-0.4, -0.2) is 80.3 Å². The molecule has 1 aliphatic heterocycles. The van der Waals surface area contributed by atoms with E-state index in [1.807, 2.05) is 0 Å². The summed E-state index contributed by atoms with van der Waals surface area (Å²) >= 11 is 0. The standard InChI is InChI=1S/C18H25NO9/c1-10(21)19-14-12(22)7-18(26,28-16(14)15(24)13(23)8-20)17(25)27-9-11-5-3-2-4-6-11/h2-6,12-16,20,22-24,26H,7-9H2,1H3,(H,19,21)/t12-,13+,14+,15?,16+,18+/m0/s1. The number of aliphatic hydroxyl groups excluding tert-OH is 4. The number of ether oxygens (including phenoxy) is 2. The van der Waals surface area contributed by atoms with E-state index in [0.29, 0.717) is 5.56 Å². The molecule has 10 heteroatoms. The average molecular weight is 399 g/mol. The summed E-state index contributed by atoms with van der Waals surface area (Å²) in [6, 6.07) is 7.41. The van der Waals surface area contributed by atoms with Crippen LogP contribution in [-0.2, 0) is 25.7 Å². The second kappa shape index (κ2) is 9.41. The first kappa shape index (κ1) is 22.2. The van der Waals surface area contributed by atoms with Crippen LogP contribution in [0.5, 0.6) is 0 Å². The lowest BCUT2D eigenvalue weighted by molar-refractivity contribution is -0.297. The third kappa shape index (κ3) is 5.25. The van der Waals surface area contributed by atoms with E-state index in [1.54, 1.807) is 30.3 Å². The second-order valence-electron chi connectivity index (χ2n) is 6.67. The number of hydrogen-bond donors (Lipinski definition) is 6. The van der Waals surface area contributed by atoms with Crippen LogP contribution in [0.25, 0.3) is 0 Å². The maximum absolute atomic E-state index is 12.4. The van der Waals surface area contributed by atoms with Crippen LogP contribution in [0.4, 0.5) is 0 Å². The largest absolute Gasteiger partial charge is 0.457 e. The highest BCUT2D eigenvalue weighted by Gasteiger charge is 2.54. The maximum Gasteiger partial charge on any atom is 0.367 e. The topological polar surface area (TPSA) is 166 Å². The highest BCUT2D eigenvalue weighted by molar-refractivity contribution is 5.78. The molecule has 1 aromatic rings. The molecular weight excluding hydrogens is 374 g/mol. The van der Waals surface area contributed by atoms with Gasteiger partial charge in [0, 0.05) is 13.3 Å². The molecule has 1 aromatic carbocycles. The minimum Gasteiger partial charge on any atom is -0.457 e. The van der Waals surface area contributed by atoms with Gasteiger partial charge in [0.25, 0.3) is 5.79 Å². The summed E-state index contributed by atoms with van der Waals surface area (Å²) in [7, 11) is 0. The Bertz CT molecular complexity index is 670. The van der Waals surface area contributed by atoms with E-state index in [-0.39, 0.29) is 6.61 Å². The van der Waals surface area contributed by atoms with Crippen molar-refractivity contribution in [3.05, 3.63) is 35.9 Å². The quantitative estimate of drug-likeness (QED) is 0.279. The van der Waals surface area contributed by atoms with Crippen molar-refractivity contribution in [2.75, 3.05) is 6.61 Å². The Morgan fingerprint density at radius 3 is 2.54 bits per heavy atom. The van der Waals surface area contributed by atoms with Crippen molar-refractivity contribution in [3.63, 3.8) is 0 Å². The predicted octanol–water partition coefficient (Wildman–Crippen LogP) is -2.21. The van der Waals surface area contributed by atoms with Crippen molar-refractivity contribution < 1.29 is 44.6 Å². The Kier molecular flexibility index (Phi) is 7.47. The third-order valence-corrected chi connectivity index (χ3v) is 4.40. The van der Waals surface area contributed by atoms with Gasteiger partial charge in [-0.15, -0.1) is 0 Å². The van der Waals surface area contributed by atoms with Crippen LogP contribution >= 0.6 is 0 Å². The molecular formula is C18H25NO9. The lowest BCUT2D eigenvalue weighted by atomic mass is 9.88. The molecule has 1 unspecified atom stereocenters. The lowest BCUT2D eigenvalue weighted by Crippen LogP contribution is -2.67. The number of aliphatic hydroxyl groups is 5. The highest BCUT2D eigenvalue weighted by atomic mass is 16.7. The van der Waals surface area contributed by atoms with Crippen molar-refractivity contribution in [1.82, 2.24) is 5.32 Å². The number of rotatable bonds is 7. The summed E-state index contributed by atoms with van der Waals surface area (Å²) in [5, 5.41) is 52.2. The fraction of sp³-hybridized carbons (Fsp3) is 0.556. The molecule has 0 saturated carbocycles. The van der Waals surface area contributed by atoms with Crippen molar-refractivity contribution in [1.29, 1.82) is 0 Å². The molecule has 28 heavy (non-hydrogen) atoms. The number of nitrogens with one attached hydrogen (secondary N) is 1. The van der Waals surface area contributed by atoms with Crippen LogP contribution in [0, 0.1) is 0 Å². The molecule has 6 atom stereocenters. The molecule has 1 amide bonds. The van der Waals surface area contributed by atoms with Gasteiger partial charge in [-0.05, 0) is 5.56 Å². The molecule has 0 radical (unpaired) electrons. The van der Waals surface area contributed by atoms with Gasteiger partial charge < -0.3 is 40.3 Å². The normalized spacial score (nSPS) is 29.6. The van der Waals surface area contributed by atoms with E-state index < -0.39 is 61.1 Å². The van der Waals surface area contributed by atoms with E-state index >= 15 is 0 Å². The van der Waals surface area contributed by atoms with E-state index in [0.717, 1.165) is 6.92 Å². The molecule has 0 bridgehead atoms. The lowest BCUT2D eigenvalue weighted by Gasteiger charge is -2.45. The zero-order valence-electron chi connectivity index (χ0n) is 15.3. The summed E-state index contributed by atoms with van der Waals surface area (Å²) in [4.78, 5) is 23.8. The molecule has 0 aliphatic carbocycles. The first-order valence-corrected chi connectivity index (χ1v) is 8.71. The van der Waals surface area contributed by atoms with Crippen LogP contribution in [0.3, 0.4) is 0 Å². The molecule has 2 rings (SSSR count). The van der Waals surface area contributed by atoms with Crippen molar-refractivity contribution >= 4 is 11.9 Å². The Morgan fingerprint density at radius 1 is 1.32 bits per heavy atom. The van der Waals surface area contributed by atoms with Gasteiger partial charge >= 0.3 is 5.97 Å². The zero-order valence-corrected chi connectivity index (χ0v) is 15.3. The fourth-order valence-corrected chi connectivity index (χ4v) is 2.97. The van der Waals surface area contributed by atoms with Gasteiger partial charge in [0.05, 0.1) is 18.8 Å². The molecule has 1 heterocycles. The Labute approximate surface area is 161 Å². The predicted molar refractivity (Wildman–Crippen MR) is 93.4 cm³/mol. The fourth-order valence-electron chi connectivity index (χ4n) is 2.97. The third-order valence-electron chi connectivity index (χ3n) is 4.40. The van der Waals surface area contributed by atoms with Crippen LogP contribution in [0.1, 0.15) is 18.9 Å². The monoisotopic (exact) mass is 399 g/mol. The second-order valence-corrected chi connectivity index (χ2v) is 6.67. The Morgan fingerprint density at radius 2 is 1.96 bits per heavy atom. The smallest absolute Gasteiger partial charge is 0.367 e. The van der Waals surface area contributed by atoms with Gasteiger partial charge in [0.15, 0.2) is 0 Å². The minimum atomic E-state index is -2.62. The number of carbonyl (C=O) groups is 2. The molecule has 0 spiro atoms. The van der Waals surface area contributed by atoms with Gasteiger partial charge in [-0.25, -0.2) is 4.79 Å². The SMILES string of the molecule is CC(=O)N[C@@H]1[C@@H](O)C[C@](O)(C(=O)OCc2ccccc2)O[C@H]1C(O)[C@H](O)CO. The van der Waals surface area contributed by atoms with Gasteiger partial charge in [0.2, 0.25) is 5.91 Å². The summed E-state index contributed by atoms with van der Waals surface area (Å²) in [5.41, 5.74) is 0.652. The molecule has 1 fully saturated rings. The molecule has 1 saturated heterocycles. The number of amides is 1. The van der Waals surface area contributed by atoms with Crippen LogP contribution in [0.2, 0.25) is 0 Å². The van der Waals surface area contributed by atoms with Gasteiger partial charge in [-0.1, -0.05) is 30.3 Å². The first-order valence-electron chi connectivity index (χ1n) is 8.71. The van der Waals surface area contributed by atoms with Gasteiger partial charge in [0.1, 0.15) is 24.9 Å². The summed E-state index contributed by atoms with van der Waals surface area (Å²) < 4.78 is 10.3. The summed E-state index contributed by atoms with van der Waals surface area (Å²) in [6.07, 6.45) is -7.24. The van der Waals surface area contributed by atoms with Crippen molar-refractivity contribution in [2.24, 2.45) is 0 Å². The summed E-state index contributed by atoms with van der Waals surface area (Å²) in [6.45, 7) is 0.150. The van der Waals surface area contributed by atoms with Gasteiger partial charge in [-0.2, -0.15) is 0 Å². The Balaban J connectivity index is 2.17. The maximum atomic E-state index is 12.4. The molecule has 6 N–H and O–H groups in total. The molecule has 10 nitrogen and oxygen atoms in total. The summed E-state index contributed by atoms with van der Waals surface area (Å²) in [5.74, 6) is -4.39. The van der Waals surface area contributed by atoms with E-state index in [9.17, 15) is 30.0 Å². The number of esters is 1. The van der Waals surface area contributed by atoms with E-state index in [4.69, 9.17) is 14.6 Å². The van der Waals surface area contributed by atoms with Crippen LogP contribution in [0.15, 0.2) is 30.3 Å². The van der Waals surface area contributed by atoms with E-state index in [1.165, 1.54) is 0 Å². The number of hydrogen-bond acceptors (Lipinski definition) is 9. The van der Waals surface area contributed by atoms with Crippen molar-refractivity contribution in [2.45, 2.75) is 56.2 Å². The molecule has 156 valence electrons. The minimum absolute atomic E-state index is 0.164. The molecule has 1 aliphatic rings. The zero-order chi connectivity index (χ0) is 20.9.